The summed E-state index contributed by atoms with van der Waals surface area (Å²) in [4.78, 5) is 2.34. The van der Waals surface area contributed by atoms with Crippen LogP contribution in [0.2, 0.25) is 0 Å². The van der Waals surface area contributed by atoms with Crippen LogP contribution in [0.4, 0.5) is 0 Å². The summed E-state index contributed by atoms with van der Waals surface area (Å²) in [5.74, 6) is 0. The minimum Gasteiger partial charge on any atom is -0.387 e. The van der Waals surface area contributed by atoms with Crippen molar-refractivity contribution in [2.45, 2.75) is 44.8 Å². The summed E-state index contributed by atoms with van der Waals surface area (Å²) >= 11 is 0. The predicted molar refractivity (Wildman–Crippen MR) is 64.4 cm³/mol. The number of rotatable bonds is 3. The molecule has 1 heterocycles. The van der Waals surface area contributed by atoms with Gasteiger partial charge in [-0.05, 0) is 38.2 Å². The van der Waals surface area contributed by atoms with Gasteiger partial charge in [0.15, 0.2) is 0 Å². The fourth-order valence-corrected chi connectivity index (χ4v) is 2.63. The van der Waals surface area contributed by atoms with Crippen molar-refractivity contribution in [3.8, 4) is 0 Å². The molecule has 0 radical (unpaired) electrons. The van der Waals surface area contributed by atoms with Gasteiger partial charge in [0, 0.05) is 19.1 Å². The normalized spacial score (nSPS) is 27.2. The molecule has 0 unspecified atom stereocenters. The van der Waals surface area contributed by atoms with Gasteiger partial charge in [0.25, 0.3) is 0 Å². The van der Waals surface area contributed by atoms with Crippen LogP contribution in [0.3, 0.4) is 0 Å². The lowest BCUT2D eigenvalue weighted by Crippen LogP contribution is -2.48. The Morgan fingerprint density at radius 3 is 2.69 bits per heavy atom. The molecule has 0 bridgehead atoms. The van der Waals surface area contributed by atoms with Gasteiger partial charge < -0.3 is 9.84 Å². The zero-order chi connectivity index (χ0) is 11.4. The van der Waals surface area contributed by atoms with E-state index in [4.69, 9.17) is 4.74 Å². The summed E-state index contributed by atoms with van der Waals surface area (Å²) in [7, 11) is 0. The summed E-state index contributed by atoms with van der Waals surface area (Å²) in [6.45, 7) is 5.63. The van der Waals surface area contributed by atoms with E-state index >= 15 is 0 Å². The maximum Gasteiger partial charge on any atom is 0.0902 e. The van der Waals surface area contributed by atoms with Gasteiger partial charge in [-0.1, -0.05) is 6.08 Å². The average molecular weight is 225 g/mol. The first kappa shape index (κ1) is 12.1. The number of morpholine rings is 1. The Morgan fingerprint density at radius 2 is 2.06 bits per heavy atom. The summed E-state index contributed by atoms with van der Waals surface area (Å²) in [6.07, 6.45) is 6.70. The molecule has 1 aliphatic heterocycles. The number of hydrogen-bond acceptors (Lipinski definition) is 3. The number of ether oxygens (including phenoxy) is 1. The Balaban J connectivity index is 1.91. The van der Waals surface area contributed by atoms with E-state index in [1.165, 1.54) is 18.4 Å². The Bertz CT molecular complexity index is 246. The van der Waals surface area contributed by atoms with Crippen molar-refractivity contribution in [2.24, 2.45) is 0 Å². The van der Waals surface area contributed by atoms with Gasteiger partial charge in [-0.15, -0.1) is 0 Å². The van der Waals surface area contributed by atoms with E-state index in [0.29, 0.717) is 0 Å². The predicted octanol–water partition coefficient (Wildman–Crippen LogP) is 1.57. The van der Waals surface area contributed by atoms with Crippen LogP contribution in [0.25, 0.3) is 0 Å². The zero-order valence-corrected chi connectivity index (χ0v) is 10.2. The van der Waals surface area contributed by atoms with Crippen molar-refractivity contribution in [3.63, 3.8) is 0 Å². The molecule has 0 saturated carbocycles. The molecular formula is C13H23NO2. The molecule has 2 rings (SSSR count). The van der Waals surface area contributed by atoms with Gasteiger partial charge in [0.1, 0.15) is 0 Å². The summed E-state index contributed by atoms with van der Waals surface area (Å²) < 4.78 is 5.34. The summed E-state index contributed by atoms with van der Waals surface area (Å²) in [6, 6.07) is 0.230. The number of nitrogens with zero attached hydrogens (tertiary/aromatic N) is 1. The lowest BCUT2D eigenvalue weighted by atomic mass is 9.92. The molecule has 1 saturated heterocycles. The molecule has 1 aliphatic carbocycles. The maximum atomic E-state index is 10.3. The average Bonchev–Trinajstić information content (AvgIpc) is 2.39. The Morgan fingerprint density at radius 1 is 1.31 bits per heavy atom. The van der Waals surface area contributed by atoms with Crippen molar-refractivity contribution < 1.29 is 9.84 Å². The second kappa shape index (κ2) is 5.80. The molecule has 2 atom stereocenters. The molecule has 1 fully saturated rings. The molecule has 0 spiro atoms. The van der Waals surface area contributed by atoms with Crippen molar-refractivity contribution >= 4 is 0 Å². The van der Waals surface area contributed by atoms with E-state index in [0.717, 1.165) is 39.1 Å². The van der Waals surface area contributed by atoms with Crippen LogP contribution in [-0.2, 0) is 4.74 Å². The largest absolute Gasteiger partial charge is 0.387 e. The molecule has 0 aromatic carbocycles. The van der Waals surface area contributed by atoms with Gasteiger partial charge in [0.05, 0.1) is 19.3 Å². The highest BCUT2D eigenvalue weighted by atomic mass is 16.5. The Kier molecular flexibility index (Phi) is 4.38. The fourth-order valence-electron chi connectivity index (χ4n) is 2.63. The highest BCUT2D eigenvalue weighted by Crippen LogP contribution is 2.23. The van der Waals surface area contributed by atoms with Crippen LogP contribution in [-0.4, -0.2) is 48.5 Å². The minimum atomic E-state index is -0.279. The van der Waals surface area contributed by atoms with Gasteiger partial charge in [-0.3, -0.25) is 4.90 Å². The van der Waals surface area contributed by atoms with Gasteiger partial charge in [-0.25, -0.2) is 0 Å². The van der Waals surface area contributed by atoms with Crippen LogP contribution < -0.4 is 0 Å². The highest BCUT2D eigenvalue weighted by molar-refractivity contribution is 5.13. The van der Waals surface area contributed by atoms with E-state index < -0.39 is 0 Å². The molecule has 3 heteroatoms. The van der Waals surface area contributed by atoms with Gasteiger partial charge in [0.2, 0.25) is 0 Å². The molecule has 92 valence electrons. The van der Waals surface area contributed by atoms with Gasteiger partial charge in [-0.2, -0.15) is 0 Å². The molecule has 16 heavy (non-hydrogen) atoms. The molecule has 0 amide bonds. The third-order valence-corrected chi connectivity index (χ3v) is 3.78. The molecule has 2 aliphatic rings. The topological polar surface area (TPSA) is 32.7 Å². The van der Waals surface area contributed by atoms with E-state index in [1.54, 1.807) is 0 Å². The van der Waals surface area contributed by atoms with Crippen molar-refractivity contribution in [2.75, 3.05) is 26.3 Å². The molecule has 1 N–H and O–H groups in total. The van der Waals surface area contributed by atoms with Gasteiger partial charge >= 0.3 is 0 Å². The molecule has 0 aromatic heterocycles. The first-order valence-corrected chi connectivity index (χ1v) is 6.48. The van der Waals surface area contributed by atoms with Crippen LogP contribution in [0.15, 0.2) is 11.6 Å². The molecule has 0 aromatic rings. The number of allylic oxidation sites excluding steroid dienone is 1. The second-order valence-corrected chi connectivity index (χ2v) is 4.86. The lowest BCUT2D eigenvalue weighted by Gasteiger charge is -2.36. The van der Waals surface area contributed by atoms with Crippen LogP contribution in [0.5, 0.6) is 0 Å². The third-order valence-electron chi connectivity index (χ3n) is 3.78. The number of aliphatic hydroxyl groups excluding tert-OH is 1. The second-order valence-electron chi connectivity index (χ2n) is 4.86. The maximum absolute atomic E-state index is 10.3. The zero-order valence-electron chi connectivity index (χ0n) is 10.2. The van der Waals surface area contributed by atoms with E-state index in [-0.39, 0.29) is 12.1 Å². The third kappa shape index (κ3) is 2.84. The number of aliphatic hydroxyl groups is 1. The fraction of sp³-hybridized carbons (Fsp3) is 0.846. The quantitative estimate of drug-likeness (QED) is 0.740. The van der Waals surface area contributed by atoms with Crippen molar-refractivity contribution in [3.05, 3.63) is 11.6 Å². The standard InChI is InChI=1S/C13H23NO2/c1-11(14-7-9-16-10-8-14)13(15)12-5-3-2-4-6-12/h5,11,13,15H,2-4,6-10H2,1H3/t11-,13-/m1/s1. The van der Waals surface area contributed by atoms with E-state index in [1.807, 2.05) is 0 Å². The highest BCUT2D eigenvalue weighted by Gasteiger charge is 2.26. The Labute approximate surface area is 98.1 Å². The van der Waals surface area contributed by atoms with Crippen LogP contribution >= 0.6 is 0 Å². The lowest BCUT2D eigenvalue weighted by molar-refractivity contribution is -0.00821. The van der Waals surface area contributed by atoms with E-state index in [2.05, 4.69) is 17.9 Å². The minimum absolute atomic E-state index is 0.230. The van der Waals surface area contributed by atoms with Crippen molar-refractivity contribution in [1.29, 1.82) is 0 Å². The molecule has 3 nitrogen and oxygen atoms in total. The number of hydrogen-bond donors (Lipinski definition) is 1. The summed E-state index contributed by atoms with van der Waals surface area (Å²) in [5.41, 5.74) is 1.25. The monoisotopic (exact) mass is 225 g/mol. The van der Waals surface area contributed by atoms with Crippen molar-refractivity contribution in [1.82, 2.24) is 4.90 Å². The summed E-state index contributed by atoms with van der Waals surface area (Å²) in [5, 5.41) is 10.3. The van der Waals surface area contributed by atoms with E-state index in [9.17, 15) is 5.11 Å². The van der Waals surface area contributed by atoms with Crippen LogP contribution in [0, 0.1) is 0 Å². The molecular weight excluding hydrogens is 202 g/mol. The van der Waals surface area contributed by atoms with Crippen LogP contribution in [0.1, 0.15) is 32.6 Å². The Hall–Kier alpha value is -0.380. The first-order valence-electron chi connectivity index (χ1n) is 6.48. The first-order chi connectivity index (χ1) is 7.79. The SMILES string of the molecule is C[C@H]([C@@H](O)C1=CCCCC1)N1CCOCC1. The smallest absolute Gasteiger partial charge is 0.0902 e.